The average Bonchev–Trinajstić information content (AvgIpc) is 2.95. The van der Waals surface area contributed by atoms with Crippen LogP contribution in [0.3, 0.4) is 0 Å². The molecule has 0 spiro atoms. The molecule has 2 N–H and O–H groups in total. The number of halogens is 3. The smallest absolute Gasteiger partial charge is 0.416 e. The van der Waals surface area contributed by atoms with Gasteiger partial charge in [0.25, 0.3) is 0 Å². The molecular formula is C16H19F3N2O. The Morgan fingerprint density at radius 2 is 1.91 bits per heavy atom. The molecule has 0 radical (unpaired) electrons. The molecule has 2 rings (SSSR count). The van der Waals surface area contributed by atoms with Crippen LogP contribution in [0.4, 0.5) is 13.2 Å². The van der Waals surface area contributed by atoms with Crippen LogP contribution in [0.15, 0.2) is 40.8 Å². The van der Waals surface area contributed by atoms with Crippen molar-refractivity contribution >= 4 is 0 Å². The van der Waals surface area contributed by atoms with Gasteiger partial charge >= 0.3 is 6.18 Å². The molecule has 1 aromatic heterocycles. The highest BCUT2D eigenvalue weighted by Crippen LogP contribution is 2.32. The molecule has 0 aliphatic carbocycles. The van der Waals surface area contributed by atoms with Gasteiger partial charge in [0, 0.05) is 5.56 Å². The Morgan fingerprint density at radius 3 is 2.64 bits per heavy atom. The minimum absolute atomic E-state index is 0.427. The summed E-state index contributed by atoms with van der Waals surface area (Å²) in [5.41, 5.74) is -0.246. The predicted octanol–water partition coefficient (Wildman–Crippen LogP) is 3.66. The maximum absolute atomic E-state index is 12.7. The van der Waals surface area contributed by atoms with E-state index in [-0.39, 0.29) is 0 Å². The molecule has 0 atom stereocenters. The van der Waals surface area contributed by atoms with E-state index < -0.39 is 11.7 Å². The molecule has 0 saturated carbocycles. The van der Waals surface area contributed by atoms with Crippen LogP contribution in [0.5, 0.6) is 0 Å². The van der Waals surface area contributed by atoms with Crippen molar-refractivity contribution in [3.8, 4) is 11.3 Å². The standard InChI is InChI=1S/C16H19F3N2O/c1-20-8-3-9-21-11-14-6-7-15(22-14)12-4-2-5-13(10-12)16(17,18)19/h2,4-7,10,20-21H,3,8-9,11H2,1H3. The van der Waals surface area contributed by atoms with Crippen molar-refractivity contribution < 1.29 is 17.6 Å². The second kappa shape index (κ2) is 7.47. The van der Waals surface area contributed by atoms with Gasteiger partial charge in [-0.05, 0) is 50.8 Å². The highest BCUT2D eigenvalue weighted by molar-refractivity contribution is 5.58. The maximum atomic E-state index is 12.7. The van der Waals surface area contributed by atoms with Gasteiger partial charge in [-0.3, -0.25) is 0 Å². The first-order valence-corrected chi connectivity index (χ1v) is 7.12. The Bertz CT molecular complexity index is 593. The number of hydrogen-bond donors (Lipinski definition) is 2. The zero-order chi connectivity index (χ0) is 16.0. The average molecular weight is 312 g/mol. The lowest BCUT2D eigenvalue weighted by Gasteiger charge is -2.07. The molecule has 0 amide bonds. The molecule has 2 aromatic rings. The van der Waals surface area contributed by atoms with Crippen molar-refractivity contribution in [1.82, 2.24) is 10.6 Å². The molecule has 0 aliphatic heterocycles. The van der Waals surface area contributed by atoms with E-state index in [0.717, 1.165) is 31.6 Å². The number of rotatable bonds is 7. The van der Waals surface area contributed by atoms with Crippen molar-refractivity contribution in [1.29, 1.82) is 0 Å². The molecule has 0 fully saturated rings. The molecular weight excluding hydrogens is 293 g/mol. The Kier molecular flexibility index (Phi) is 5.63. The fourth-order valence-electron chi connectivity index (χ4n) is 2.08. The van der Waals surface area contributed by atoms with Crippen LogP contribution in [0.25, 0.3) is 11.3 Å². The van der Waals surface area contributed by atoms with Gasteiger partial charge in [-0.25, -0.2) is 0 Å². The highest BCUT2D eigenvalue weighted by Gasteiger charge is 2.30. The van der Waals surface area contributed by atoms with Gasteiger partial charge in [0.05, 0.1) is 12.1 Å². The van der Waals surface area contributed by atoms with Crippen molar-refractivity contribution in [2.24, 2.45) is 0 Å². The molecule has 22 heavy (non-hydrogen) atoms. The lowest BCUT2D eigenvalue weighted by Crippen LogP contribution is -2.19. The van der Waals surface area contributed by atoms with Crippen LogP contribution < -0.4 is 10.6 Å². The fraction of sp³-hybridized carbons (Fsp3) is 0.375. The second-order valence-electron chi connectivity index (χ2n) is 4.98. The van der Waals surface area contributed by atoms with Crippen molar-refractivity contribution in [2.75, 3.05) is 20.1 Å². The zero-order valence-electron chi connectivity index (χ0n) is 12.3. The van der Waals surface area contributed by atoms with E-state index in [2.05, 4.69) is 10.6 Å². The third kappa shape index (κ3) is 4.61. The predicted molar refractivity (Wildman–Crippen MR) is 79.4 cm³/mol. The number of benzene rings is 1. The number of alkyl halides is 3. The number of nitrogens with one attached hydrogen (secondary N) is 2. The van der Waals surface area contributed by atoms with Gasteiger partial charge in [0.2, 0.25) is 0 Å². The molecule has 120 valence electrons. The first-order valence-electron chi connectivity index (χ1n) is 7.12. The molecule has 1 heterocycles. The summed E-state index contributed by atoms with van der Waals surface area (Å²) in [6.07, 6.45) is -3.35. The van der Waals surface area contributed by atoms with Crippen LogP contribution in [-0.4, -0.2) is 20.1 Å². The lowest BCUT2D eigenvalue weighted by atomic mass is 10.1. The van der Waals surface area contributed by atoms with Gasteiger partial charge in [0.1, 0.15) is 11.5 Å². The van der Waals surface area contributed by atoms with Gasteiger partial charge in [0.15, 0.2) is 0 Å². The first kappa shape index (κ1) is 16.6. The highest BCUT2D eigenvalue weighted by atomic mass is 19.4. The Morgan fingerprint density at radius 1 is 1.09 bits per heavy atom. The van der Waals surface area contributed by atoms with E-state index in [1.54, 1.807) is 18.2 Å². The van der Waals surface area contributed by atoms with E-state index in [4.69, 9.17) is 4.42 Å². The Labute approximate surface area is 127 Å². The third-order valence-corrected chi connectivity index (χ3v) is 3.22. The summed E-state index contributed by atoms with van der Waals surface area (Å²) >= 11 is 0. The molecule has 0 aliphatic rings. The lowest BCUT2D eigenvalue weighted by molar-refractivity contribution is -0.137. The monoisotopic (exact) mass is 312 g/mol. The van der Waals surface area contributed by atoms with Crippen molar-refractivity contribution in [3.05, 3.63) is 47.7 Å². The quantitative estimate of drug-likeness (QED) is 0.766. The largest absolute Gasteiger partial charge is 0.460 e. The van der Waals surface area contributed by atoms with Crippen LogP contribution in [0.1, 0.15) is 17.7 Å². The molecule has 3 nitrogen and oxygen atoms in total. The topological polar surface area (TPSA) is 37.2 Å². The maximum Gasteiger partial charge on any atom is 0.416 e. The first-order chi connectivity index (χ1) is 10.5. The van der Waals surface area contributed by atoms with Gasteiger partial charge < -0.3 is 15.1 Å². The van der Waals surface area contributed by atoms with E-state index >= 15 is 0 Å². The van der Waals surface area contributed by atoms with E-state index in [1.165, 1.54) is 6.07 Å². The van der Waals surface area contributed by atoms with Crippen LogP contribution >= 0.6 is 0 Å². The molecule has 0 unspecified atom stereocenters. The number of furan rings is 1. The zero-order valence-corrected chi connectivity index (χ0v) is 12.3. The molecule has 0 bridgehead atoms. The minimum Gasteiger partial charge on any atom is -0.460 e. The van der Waals surface area contributed by atoms with E-state index in [9.17, 15) is 13.2 Å². The van der Waals surface area contributed by atoms with E-state index in [0.29, 0.717) is 23.6 Å². The SMILES string of the molecule is CNCCCNCc1ccc(-c2cccc(C(F)(F)F)c2)o1. The molecule has 0 saturated heterocycles. The van der Waals surface area contributed by atoms with Crippen molar-refractivity contribution in [2.45, 2.75) is 19.1 Å². The van der Waals surface area contributed by atoms with Crippen LogP contribution in [0.2, 0.25) is 0 Å². The molecule has 1 aromatic carbocycles. The fourth-order valence-corrected chi connectivity index (χ4v) is 2.08. The third-order valence-electron chi connectivity index (χ3n) is 3.22. The summed E-state index contributed by atoms with van der Waals surface area (Å²) in [7, 11) is 1.90. The normalized spacial score (nSPS) is 11.8. The molecule has 6 heteroatoms. The van der Waals surface area contributed by atoms with Gasteiger partial charge in [-0.1, -0.05) is 12.1 Å². The second-order valence-corrected chi connectivity index (χ2v) is 4.98. The summed E-state index contributed by atoms with van der Waals surface area (Å²) in [5, 5.41) is 6.28. The number of hydrogen-bond acceptors (Lipinski definition) is 3. The Hall–Kier alpha value is -1.79. The minimum atomic E-state index is -4.35. The van der Waals surface area contributed by atoms with Gasteiger partial charge in [-0.2, -0.15) is 13.2 Å². The van der Waals surface area contributed by atoms with Crippen molar-refractivity contribution in [3.63, 3.8) is 0 Å². The summed E-state index contributed by atoms with van der Waals surface area (Å²) in [6.45, 7) is 2.34. The Balaban J connectivity index is 1.99. The summed E-state index contributed by atoms with van der Waals surface area (Å²) in [5.74, 6) is 1.15. The summed E-state index contributed by atoms with van der Waals surface area (Å²) in [4.78, 5) is 0. The summed E-state index contributed by atoms with van der Waals surface area (Å²) in [6, 6.07) is 8.62. The van der Waals surface area contributed by atoms with Crippen LogP contribution in [0, 0.1) is 0 Å². The summed E-state index contributed by atoms with van der Waals surface area (Å²) < 4.78 is 43.7. The van der Waals surface area contributed by atoms with E-state index in [1.807, 2.05) is 7.05 Å². The van der Waals surface area contributed by atoms with Gasteiger partial charge in [-0.15, -0.1) is 0 Å². The van der Waals surface area contributed by atoms with Crippen LogP contribution in [-0.2, 0) is 12.7 Å².